The number of benzene rings is 1. The maximum Gasteiger partial charge on any atom is 0.0657 e. The molecule has 2 rings (SSSR count). The van der Waals surface area contributed by atoms with E-state index in [0.29, 0.717) is 0 Å². The van der Waals surface area contributed by atoms with Gasteiger partial charge in [-0.25, -0.2) is 0 Å². The summed E-state index contributed by atoms with van der Waals surface area (Å²) in [6.07, 6.45) is 5.53. The molecular formula is C15H20Si. The second-order valence-corrected chi connectivity index (χ2v) is 9.60. The Hall–Kier alpha value is -1.08. The van der Waals surface area contributed by atoms with Crippen LogP contribution in [0.4, 0.5) is 0 Å². The van der Waals surface area contributed by atoms with E-state index in [-0.39, 0.29) is 0 Å². The van der Waals surface area contributed by atoms with E-state index >= 15 is 0 Å². The Balaban J connectivity index is 2.26. The molecule has 1 aromatic carbocycles. The van der Waals surface area contributed by atoms with E-state index in [9.17, 15) is 0 Å². The van der Waals surface area contributed by atoms with E-state index in [0.717, 1.165) is 0 Å². The second-order valence-electron chi connectivity index (χ2n) is 4.93. The topological polar surface area (TPSA) is 0 Å². The van der Waals surface area contributed by atoms with Crippen molar-refractivity contribution in [2.45, 2.75) is 30.6 Å². The number of fused-ring (bicyclic) bond motifs is 1. The van der Waals surface area contributed by atoms with E-state index < -0.39 is 8.07 Å². The van der Waals surface area contributed by atoms with Crippen LogP contribution in [0.2, 0.25) is 18.1 Å². The first kappa shape index (κ1) is 11.4. The highest BCUT2D eigenvalue weighted by molar-refractivity contribution is 6.80. The minimum absolute atomic E-state index is 1.17. The molecule has 1 aliphatic heterocycles. The van der Waals surface area contributed by atoms with Gasteiger partial charge in [0.15, 0.2) is 0 Å². The van der Waals surface area contributed by atoms with Crippen molar-refractivity contribution in [2.75, 3.05) is 0 Å². The molecule has 1 aromatic rings. The van der Waals surface area contributed by atoms with E-state index in [1.807, 2.05) is 0 Å². The molecule has 0 spiro atoms. The molecule has 0 aliphatic carbocycles. The monoisotopic (exact) mass is 228 g/mol. The maximum absolute atomic E-state index is 3.94. The Bertz CT molecular complexity index is 382. The molecule has 1 aliphatic rings. The van der Waals surface area contributed by atoms with Gasteiger partial charge in [-0.15, -0.1) is 13.2 Å². The largest absolute Gasteiger partial charge is 0.103 e. The smallest absolute Gasteiger partial charge is 0.0657 e. The third kappa shape index (κ3) is 2.19. The molecule has 0 radical (unpaired) electrons. The first-order valence-corrected chi connectivity index (χ1v) is 8.91. The lowest BCUT2D eigenvalue weighted by atomic mass is 10.1. The van der Waals surface area contributed by atoms with E-state index in [4.69, 9.17) is 0 Å². The fourth-order valence-electron chi connectivity index (χ4n) is 2.91. The predicted octanol–water partition coefficient (Wildman–Crippen LogP) is 4.15. The Morgan fingerprint density at radius 1 is 1.06 bits per heavy atom. The Morgan fingerprint density at radius 3 is 2.31 bits per heavy atom. The van der Waals surface area contributed by atoms with E-state index in [2.05, 4.69) is 49.6 Å². The first-order chi connectivity index (χ1) is 7.79. The lowest BCUT2D eigenvalue weighted by molar-refractivity contribution is 0.972. The van der Waals surface area contributed by atoms with Crippen LogP contribution in [0.5, 0.6) is 0 Å². The van der Waals surface area contributed by atoms with Crippen molar-refractivity contribution in [2.24, 2.45) is 0 Å². The van der Waals surface area contributed by atoms with Crippen molar-refractivity contribution in [3.8, 4) is 0 Å². The van der Waals surface area contributed by atoms with Crippen LogP contribution < -0.4 is 0 Å². The van der Waals surface area contributed by atoms with E-state index in [1.54, 1.807) is 11.1 Å². The summed E-state index contributed by atoms with van der Waals surface area (Å²) in [7, 11) is -1.17. The van der Waals surface area contributed by atoms with Crippen molar-refractivity contribution in [1.82, 2.24) is 0 Å². The molecule has 0 bridgehead atoms. The van der Waals surface area contributed by atoms with Crippen LogP contribution in [0.3, 0.4) is 0 Å². The van der Waals surface area contributed by atoms with Gasteiger partial charge in [0.1, 0.15) is 0 Å². The fraction of sp³-hybridized carbons (Fsp3) is 0.333. The van der Waals surface area contributed by atoms with Crippen LogP contribution in [0.15, 0.2) is 49.6 Å². The van der Waals surface area contributed by atoms with Gasteiger partial charge >= 0.3 is 0 Å². The highest BCUT2D eigenvalue weighted by atomic mass is 28.3. The van der Waals surface area contributed by atoms with Gasteiger partial charge in [-0.2, -0.15) is 0 Å². The number of hydrogen-bond acceptors (Lipinski definition) is 0. The summed E-state index contributed by atoms with van der Waals surface area (Å²) >= 11 is 0. The molecule has 0 saturated heterocycles. The fourth-order valence-corrected chi connectivity index (χ4v) is 7.13. The van der Waals surface area contributed by atoms with Crippen LogP contribution in [0, 0.1) is 0 Å². The molecule has 0 atom stereocenters. The van der Waals surface area contributed by atoms with Crippen molar-refractivity contribution in [1.29, 1.82) is 0 Å². The van der Waals surface area contributed by atoms with Gasteiger partial charge < -0.3 is 0 Å². The van der Waals surface area contributed by atoms with Crippen molar-refractivity contribution >= 4 is 8.07 Å². The van der Waals surface area contributed by atoms with Gasteiger partial charge in [0.2, 0.25) is 0 Å². The van der Waals surface area contributed by atoms with Gasteiger partial charge in [0, 0.05) is 0 Å². The Kier molecular flexibility index (Phi) is 3.45. The number of allylic oxidation sites excluding steroid dienone is 2. The molecule has 0 saturated carbocycles. The lowest BCUT2D eigenvalue weighted by Crippen LogP contribution is -2.39. The van der Waals surface area contributed by atoms with Crippen LogP contribution in [0.25, 0.3) is 0 Å². The molecule has 0 fully saturated rings. The van der Waals surface area contributed by atoms with Gasteiger partial charge in [-0.1, -0.05) is 42.5 Å². The second kappa shape index (κ2) is 4.83. The molecular weight excluding hydrogens is 208 g/mol. The molecule has 0 nitrogen and oxygen atoms in total. The van der Waals surface area contributed by atoms with Crippen LogP contribution >= 0.6 is 0 Å². The van der Waals surface area contributed by atoms with Crippen molar-refractivity contribution in [3.63, 3.8) is 0 Å². The molecule has 84 valence electrons. The SMILES string of the molecule is C=CC[Si]1(CC=C)CCc2ccccc2C1. The molecule has 1 heteroatoms. The summed E-state index contributed by atoms with van der Waals surface area (Å²) in [6, 6.07) is 14.1. The van der Waals surface area contributed by atoms with Crippen molar-refractivity contribution in [3.05, 3.63) is 60.7 Å². The number of hydrogen-bond donors (Lipinski definition) is 0. The minimum atomic E-state index is -1.17. The van der Waals surface area contributed by atoms with Crippen molar-refractivity contribution < 1.29 is 0 Å². The zero-order chi connectivity index (χ0) is 11.4. The zero-order valence-electron chi connectivity index (χ0n) is 9.91. The molecule has 1 heterocycles. The zero-order valence-corrected chi connectivity index (χ0v) is 10.9. The molecule has 0 unspecified atom stereocenters. The number of aryl methyl sites for hydroxylation is 1. The normalized spacial score (nSPS) is 17.5. The summed E-state index contributed by atoms with van der Waals surface area (Å²) in [5.41, 5.74) is 3.16. The van der Waals surface area contributed by atoms with Crippen LogP contribution in [-0.2, 0) is 12.5 Å². The maximum atomic E-state index is 3.94. The highest BCUT2D eigenvalue weighted by Crippen LogP contribution is 2.34. The van der Waals surface area contributed by atoms with Gasteiger partial charge in [0.05, 0.1) is 8.07 Å². The van der Waals surface area contributed by atoms with Gasteiger partial charge in [-0.3, -0.25) is 0 Å². The highest BCUT2D eigenvalue weighted by Gasteiger charge is 2.33. The minimum Gasteiger partial charge on any atom is -0.103 e. The van der Waals surface area contributed by atoms with E-state index in [1.165, 1.54) is 30.6 Å². The van der Waals surface area contributed by atoms with Crippen LogP contribution in [-0.4, -0.2) is 8.07 Å². The average molecular weight is 228 g/mol. The quantitative estimate of drug-likeness (QED) is 0.536. The number of rotatable bonds is 4. The first-order valence-electron chi connectivity index (χ1n) is 6.08. The summed E-state index contributed by atoms with van der Waals surface area (Å²) in [4.78, 5) is 0. The standard InChI is InChI=1S/C15H20Si/c1-3-10-16(11-4-2)12-9-14-7-5-6-8-15(14)13-16/h3-8H,1-2,9-13H2. The predicted molar refractivity (Wildman–Crippen MR) is 74.4 cm³/mol. The average Bonchev–Trinajstić information content (AvgIpc) is 2.30. The lowest BCUT2D eigenvalue weighted by Gasteiger charge is -2.35. The van der Waals surface area contributed by atoms with Gasteiger partial charge in [-0.05, 0) is 35.7 Å². The summed E-state index contributed by atoms with van der Waals surface area (Å²) in [6.45, 7) is 7.88. The van der Waals surface area contributed by atoms with Crippen LogP contribution in [0.1, 0.15) is 11.1 Å². The Labute approximate surface area is 99.7 Å². The Morgan fingerprint density at radius 2 is 1.69 bits per heavy atom. The summed E-state index contributed by atoms with van der Waals surface area (Å²) in [5.74, 6) is 0. The summed E-state index contributed by atoms with van der Waals surface area (Å²) in [5, 5.41) is 0. The molecule has 0 amide bonds. The molecule has 0 aromatic heterocycles. The third-order valence-electron chi connectivity index (χ3n) is 3.76. The molecule has 16 heavy (non-hydrogen) atoms. The van der Waals surface area contributed by atoms with Gasteiger partial charge in [0.25, 0.3) is 0 Å². The summed E-state index contributed by atoms with van der Waals surface area (Å²) < 4.78 is 0. The molecule has 0 N–H and O–H groups in total. The third-order valence-corrected chi connectivity index (χ3v) is 8.51.